The molecule has 3 nitrogen and oxygen atoms in total. The summed E-state index contributed by atoms with van der Waals surface area (Å²) in [6, 6.07) is 6.59. The van der Waals surface area contributed by atoms with Crippen LogP contribution in [0.1, 0.15) is 0 Å². The monoisotopic (exact) mass is 186 g/mol. The van der Waals surface area contributed by atoms with Gasteiger partial charge in [-0.15, -0.1) is 0 Å². The SMILES string of the molecule is CS(=O)COc1ccccc1O. The van der Waals surface area contributed by atoms with Gasteiger partial charge in [-0.1, -0.05) is 12.1 Å². The Labute approximate surface area is 73.4 Å². The standard InChI is InChI=1S/C8H10O3S/c1-12(10)6-11-8-5-3-2-4-7(8)9/h2-5,9H,6H2,1H3. The van der Waals surface area contributed by atoms with Gasteiger partial charge >= 0.3 is 0 Å². The second-order valence-corrected chi connectivity index (χ2v) is 3.69. The van der Waals surface area contributed by atoms with Gasteiger partial charge < -0.3 is 9.84 Å². The van der Waals surface area contributed by atoms with Gasteiger partial charge in [0, 0.05) is 6.26 Å². The lowest BCUT2D eigenvalue weighted by Crippen LogP contribution is -2.02. The molecule has 0 heterocycles. The third-order valence-corrected chi connectivity index (χ3v) is 1.70. The van der Waals surface area contributed by atoms with E-state index in [-0.39, 0.29) is 11.7 Å². The zero-order valence-corrected chi connectivity index (χ0v) is 7.50. The Morgan fingerprint density at radius 2 is 2.17 bits per heavy atom. The topological polar surface area (TPSA) is 46.5 Å². The molecule has 0 amide bonds. The fourth-order valence-electron chi connectivity index (χ4n) is 0.726. The summed E-state index contributed by atoms with van der Waals surface area (Å²) in [4.78, 5) is 0. The Hall–Kier alpha value is -1.03. The second kappa shape index (κ2) is 4.11. The number of para-hydroxylation sites is 2. The Morgan fingerprint density at radius 3 is 2.75 bits per heavy atom. The van der Waals surface area contributed by atoms with Crippen LogP contribution in [0.2, 0.25) is 0 Å². The van der Waals surface area contributed by atoms with E-state index in [0.717, 1.165) is 0 Å². The predicted molar refractivity (Wildman–Crippen MR) is 47.7 cm³/mol. The van der Waals surface area contributed by atoms with Crippen molar-refractivity contribution in [1.82, 2.24) is 0 Å². The average Bonchev–Trinajstić information content (AvgIpc) is 2.03. The maximum absolute atomic E-state index is 10.6. The summed E-state index contributed by atoms with van der Waals surface area (Å²) >= 11 is 0. The molecule has 0 aliphatic carbocycles. The van der Waals surface area contributed by atoms with Gasteiger partial charge in [0.2, 0.25) is 0 Å². The Bertz CT molecular complexity index is 285. The maximum Gasteiger partial charge on any atom is 0.162 e. The molecule has 0 bridgehead atoms. The third-order valence-electron chi connectivity index (χ3n) is 1.25. The number of hydrogen-bond donors (Lipinski definition) is 1. The summed E-state index contributed by atoms with van der Waals surface area (Å²) in [5.74, 6) is 0.549. The van der Waals surface area contributed by atoms with Crippen LogP contribution in [0.3, 0.4) is 0 Å². The molecule has 0 saturated heterocycles. The highest BCUT2D eigenvalue weighted by atomic mass is 32.2. The summed E-state index contributed by atoms with van der Waals surface area (Å²) in [5, 5.41) is 9.20. The molecule has 0 aromatic heterocycles. The van der Waals surface area contributed by atoms with Crippen molar-refractivity contribution in [3.63, 3.8) is 0 Å². The van der Waals surface area contributed by atoms with E-state index in [1.54, 1.807) is 24.5 Å². The number of hydrogen-bond acceptors (Lipinski definition) is 3. The predicted octanol–water partition coefficient (Wildman–Crippen LogP) is 1.11. The molecule has 1 rings (SSSR count). The molecule has 1 atom stereocenters. The van der Waals surface area contributed by atoms with Crippen molar-refractivity contribution in [2.45, 2.75) is 0 Å². The van der Waals surface area contributed by atoms with Gasteiger partial charge in [0.1, 0.15) is 0 Å². The summed E-state index contributed by atoms with van der Waals surface area (Å²) in [6.07, 6.45) is 1.54. The molecule has 0 fully saturated rings. The normalized spacial score (nSPS) is 12.4. The quantitative estimate of drug-likeness (QED) is 0.769. The molecule has 1 unspecified atom stereocenters. The van der Waals surface area contributed by atoms with Crippen LogP contribution in [-0.2, 0) is 10.8 Å². The van der Waals surface area contributed by atoms with Crippen molar-refractivity contribution in [3.05, 3.63) is 24.3 Å². The van der Waals surface area contributed by atoms with E-state index in [0.29, 0.717) is 5.75 Å². The van der Waals surface area contributed by atoms with E-state index in [1.165, 1.54) is 6.07 Å². The minimum Gasteiger partial charge on any atom is -0.504 e. The minimum atomic E-state index is -1.01. The van der Waals surface area contributed by atoms with Gasteiger partial charge in [0.25, 0.3) is 0 Å². The lowest BCUT2D eigenvalue weighted by Gasteiger charge is -2.04. The number of ether oxygens (including phenoxy) is 1. The lowest BCUT2D eigenvalue weighted by molar-refractivity contribution is 0.354. The third kappa shape index (κ3) is 2.54. The highest BCUT2D eigenvalue weighted by molar-refractivity contribution is 7.84. The van der Waals surface area contributed by atoms with Gasteiger partial charge in [-0.25, -0.2) is 0 Å². The van der Waals surface area contributed by atoms with E-state index in [9.17, 15) is 9.32 Å². The first-order valence-electron chi connectivity index (χ1n) is 3.41. The van der Waals surface area contributed by atoms with Crippen LogP contribution in [0, 0.1) is 0 Å². The summed E-state index contributed by atoms with van der Waals surface area (Å²) in [5.41, 5.74) is 0. The van der Waals surface area contributed by atoms with Gasteiger partial charge in [-0.3, -0.25) is 4.21 Å². The van der Waals surface area contributed by atoms with Crippen molar-refractivity contribution in [2.75, 3.05) is 12.2 Å². The van der Waals surface area contributed by atoms with Crippen molar-refractivity contribution in [2.24, 2.45) is 0 Å². The highest BCUT2D eigenvalue weighted by Crippen LogP contribution is 2.24. The van der Waals surface area contributed by atoms with Crippen LogP contribution in [0.4, 0.5) is 0 Å². The Morgan fingerprint density at radius 1 is 1.50 bits per heavy atom. The molecular formula is C8H10O3S. The molecular weight excluding hydrogens is 176 g/mol. The van der Waals surface area contributed by atoms with Gasteiger partial charge in [0.05, 0.1) is 10.8 Å². The van der Waals surface area contributed by atoms with Crippen LogP contribution < -0.4 is 4.74 Å². The van der Waals surface area contributed by atoms with Crippen molar-refractivity contribution >= 4 is 10.8 Å². The Kier molecular flexibility index (Phi) is 3.10. The largest absolute Gasteiger partial charge is 0.504 e. The molecule has 0 aliphatic rings. The fourth-order valence-corrected chi connectivity index (χ4v) is 1.02. The first-order chi connectivity index (χ1) is 5.70. The molecule has 1 N–H and O–H groups in total. The van der Waals surface area contributed by atoms with E-state index in [1.807, 2.05) is 0 Å². The van der Waals surface area contributed by atoms with Crippen LogP contribution in [0.25, 0.3) is 0 Å². The molecule has 0 spiro atoms. The fraction of sp³-hybridized carbons (Fsp3) is 0.250. The number of rotatable bonds is 3. The summed E-state index contributed by atoms with van der Waals surface area (Å²) in [6.45, 7) is 0. The van der Waals surface area contributed by atoms with Gasteiger partial charge in [-0.05, 0) is 12.1 Å². The smallest absolute Gasteiger partial charge is 0.162 e. The average molecular weight is 186 g/mol. The number of benzene rings is 1. The van der Waals surface area contributed by atoms with Crippen LogP contribution in [0.15, 0.2) is 24.3 Å². The van der Waals surface area contributed by atoms with Crippen LogP contribution in [0.5, 0.6) is 11.5 Å². The first kappa shape index (κ1) is 9.06. The van der Waals surface area contributed by atoms with Crippen molar-refractivity contribution in [3.8, 4) is 11.5 Å². The highest BCUT2D eigenvalue weighted by Gasteiger charge is 1.99. The maximum atomic E-state index is 10.6. The lowest BCUT2D eigenvalue weighted by atomic mass is 10.3. The minimum absolute atomic E-state index is 0.0722. The van der Waals surface area contributed by atoms with Crippen LogP contribution in [-0.4, -0.2) is 21.5 Å². The molecule has 1 aromatic rings. The van der Waals surface area contributed by atoms with Gasteiger partial charge in [0.15, 0.2) is 17.4 Å². The zero-order valence-electron chi connectivity index (χ0n) is 6.69. The molecule has 4 heteroatoms. The molecule has 12 heavy (non-hydrogen) atoms. The first-order valence-corrected chi connectivity index (χ1v) is 5.13. The summed E-state index contributed by atoms with van der Waals surface area (Å²) in [7, 11) is -1.01. The number of phenolic OH excluding ortho intramolecular Hbond substituents is 1. The van der Waals surface area contributed by atoms with E-state index < -0.39 is 10.8 Å². The molecule has 0 saturated carbocycles. The van der Waals surface area contributed by atoms with Gasteiger partial charge in [-0.2, -0.15) is 0 Å². The van der Waals surface area contributed by atoms with E-state index in [4.69, 9.17) is 4.74 Å². The van der Waals surface area contributed by atoms with Crippen molar-refractivity contribution < 1.29 is 14.1 Å². The molecule has 1 aromatic carbocycles. The zero-order chi connectivity index (χ0) is 8.97. The number of aromatic hydroxyl groups is 1. The van der Waals surface area contributed by atoms with Crippen LogP contribution >= 0.6 is 0 Å². The number of phenols is 1. The Balaban J connectivity index is 2.63. The molecule has 0 aliphatic heterocycles. The molecule has 0 radical (unpaired) electrons. The van der Waals surface area contributed by atoms with E-state index >= 15 is 0 Å². The van der Waals surface area contributed by atoms with E-state index in [2.05, 4.69) is 0 Å². The second-order valence-electron chi connectivity index (χ2n) is 2.30. The van der Waals surface area contributed by atoms with Crippen molar-refractivity contribution in [1.29, 1.82) is 0 Å². The summed E-state index contributed by atoms with van der Waals surface area (Å²) < 4.78 is 15.7. The molecule has 66 valence electrons.